The fourth-order valence-corrected chi connectivity index (χ4v) is 5.56. The second-order valence-corrected chi connectivity index (χ2v) is 9.78. The lowest BCUT2D eigenvalue weighted by Crippen LogP contribution is -2.48. The highest BCUT2D eigenvalue weighted by Gasteiger charge is 2.36. The molecule has 0 unspecified atom stereocenters. The lowest BCUT2D eigenvalue weighted by atomic mass is 9.73. The van der Waals surface area contributed by atoms with Crippen LogP contribution >= 0.6 is 0 Å². The zero-order valence-corrected chi connectivity index (χ0v) is 19.8. The van der Waals surface area contributed by atoms with Crippen molar-refractivity contribution in [2.75, 3.05) is 31.1 Å². The van der Waals surface area contributed by atoms with Gasteiger partial charge in [-0.1, -0.05) is 0 Å². The summed E-state index contributed by atoms with van der Waals surface area (Å²) in [6.07, 6.45) is 6.71. The summed E-state index contributed by atoms with van der Waals surface area (Å²) in [6, 6.07) is 14.5. The third kappa shape index (κ3) is 4.17. The van der Waals surface area contributed by atoms with Gasteiger partial charge in [0.25, 0.3) is 0 Å². The standard InChI is InChI=1S/C27H30FN7/c28-21-4-2-19(3-5-21)25-26(20-8-13-31-22(16-20)17-29)35-23(32-25)6-7-24(33-35)34-14-10-27(11-15-34)9-1-12-30-18-27/h2-8,13,16,30H,1,9-12,14-15,17-18,29H2. The monoisotopic (exact) mass is 471 g/mol. The Kier molecular flexibility index (Phi) is 5.70. The van der Waals surface area contributed by atoms with E-state index in [0.29, 0.717) is 12.0 Å². The molecule has 0 saturated carbocycles. The molecule has 6 rings (SSSR count). The van der Waals surface area contributed by atoms with Crippen molar-refractivity contribution in [3.05, 3.63) is 66.2 Å². The zero-order chi connectivity index (χ0) is 23.8. The number of nitrogens with one attached hydrogen (secondary N) is 1. The summed E-state index contributed by atoms with van der Waals surface area (Å²) in [4.78, 5) is 11.6. The highest BCUT2D eigenvalue weighted by atomic mass is 19.1. The molecule has 5 heterocycles. The summed E-state index contributed by atoms with van der Waals surface area (Å²) in [5, 5.41) is 8.66. The summed E-state index contributed by atoms with van der Waals surface area (Å²) in [5.41, 5.74) is 11.2. The SMILES string of the molecule is NCc1cc(-c2c(-c3ccc(F)cc3)nc3ccc(N4CCC5(CCCNC5)CC4)nn23)ccn1. The number of anilines is 1. The first kappa shape index (κ1) is 22.1. The molecular formula is C27H30FN7. The van der Waals surface area contributed by atoms with Crippen LogP contribution in [0.15, 0.2) is 54.7 Å². The molecule has 2 aliphatic heterocycles. The van der Waals surface area contributed by atoms with E-state index in [1.165, 1.54) is 37.8 Å². The number of rotatable bonds is 4. The Morgan fingerprint density at radius 2 is 1.83 bits per heavy atom. The summed E-state index contributed by atoms with van der Waals surface area (Å²) in [7, 11) is 0. The number of aromatic nitrogens is 4. The number of imidazole rings is 1. The molecule has 2 saturated heterocycles. The predicted octanol–water partition coefficient (Wildman–Crippen LogP) is 4.03. The van der Waals surface area contributed by atoms with E-state index in [2.05, 4.69) is 21.3 Å². The molecule has 3 N–H and O–H groups in total. The summed E-state index contributed by atoms with van der Waals surface area (Å²) in [5.74, 6) is 0.679. The van der Waals surface area contributed by atoms with E-state index >= 15 is 0 Å². The Balaban J connectivity index is 1.42. The minimum Gasteiger partial charge on any atom is -0.355 e. The number of piperidine rings is 2. The summed E-state index contributed by atoms with van der Waals surface area (Å²) in [6.45, 7) is 4.62. The number of hydrogen-bond acceptors (Lipinski definition) is 6. The van der Waals surface area contributed by atoms with Gasteiger partial charge in [-0.25, -0.2) is 13.9 Å². The first-order valence-corrected chi connectivity index (χ1v) is 12.4. The molecule has 1 spiro atoms. The lowest BCUT2D eigenvalue weighted by molar-refractivity contribution is 0.161. The highest BCUT2D eigenvalue weighted by Crippen LogP contribution is 2.39. The van der Waals surface area contributed by atoms with Crippen LogP contribution in [0.5, 0.6) is 0 Å². The number of hydrogen-bond donors (Lipinski definition) is 2. The minimum absolute atomic E-state index is 0.273. The first-order chi connectivity index (χ1) is 17.1. The fraction of sp³-hybridized carbons (Fsp3) is 0.370. The number of fused-ring (bicyclic) bond motifs is 1. The molecule has 2 fully saturated rings. The molecular weight excluding hydrogens is 441 g/mol. The fourth-order valence-electron chi connectivity index (χ4n) is 5.56. The molecule has 7 nitrogen and oxygen atoms in total. The van der Waals surface area contributed by atoms with Gasteiger partial charge < -0.3 is 16.0 Å². The zero-order valence-electron chi connectivity index (χ0n) is 19.8. The Hall–Kier alpha value is -3.36. The molecule has 3 aromatic heterocycles. The second kappa shape index (κ2) is 9.02. The third-order valence-electron chi connectivity index (χ3n) is 7.59. The van der Waals surface area contributed by atoms with Crippen molar-refractivity contribution in [3.8, 4) is 22.5 Å². The highest BCUT2D eigenvalue weighted by molar-refractivity contribution is 5.81. The van der Waals surface area contributed by atoms with Crippen LogP contribution in [0.3, 0.4) is 0 Å². The van der Waals surface area contributed by atoms with E-state index in [1.807, 2.05) is 22.7 Å². The van der Waals surface area contributed by atoms with Gasteiger partial charge in [-0.2, -0.15) is 0 Å². The number of pyridine rings is 1. The van der Waals surface area contributed by atoms with Crippen LogP contribution in [0.1, 0.15) is 31.4 Å². The van der Waals surface area contributed by atoms with Crippen LogP contribution in [-0.2, 0) is 6.54 Å². The van der Waals surface area contributed by atoms with Crippen molar-refractivity contribution in [2.45, 2.75) is 32.2 Å². The molecule has 0 bridgehead atoms. The van der Waals surface area contributed by atoms with Crippen LogP contribution in [0.25, 0.3) is 28.2 Å². The lowest BCUT2D eigenvalue weighted by Gasteiger charge is -2.44. The number of benzene rings is 1. The van der Waals surface area contributed by atoms with E-state index in [1.54, 1.807) is 18.3 Å². The molecule has 0 radical (unpaired) electrons. The smallest absolute Gasteiger partial charge is 0.155 e. The van der Waals surface area contributed by atoms with Crippen LogP contribution in [-0.4, -0.2) is 45.8 Å². The van der Waals surface area contributed by atoms with E-state index in [0.717, 1.165) is 65.9 Å². The van der Waals surface area contributed by atoms with Gasteiger partial charge in [0.15, 0.2) is 5.65 Å². The van der Waals surface area contributed by atoms with Crippen molar-refractivity contribution in [3.63, 3.8) is 0 Å². The maximum absolute atomic E-state index is 13.7. The summed E-state index contributed by atoms with van der Waals surface area (Å²) < 4.78 is 15.6. The normalized spacial score (nSPS) is 17.8. The second-order valence-electron chi connectivity index (χ2n) is 9.78. The predicted molar refractivity (Wildman–Crippen MR) is 135 cm³/mol. The molecule has 4 aromatic rings. The third-order valence-corrected chi connectivity index (χ3v) is 7.59. The minimum atomic E-state index is -0.273. The van der Waals surface area contributed by atoms with Gasteiger partial charge in [-0.3, -0.25) is 4.98 Å². The van der Waals surface area contributed by atoms with Crippen LogP contribution < -0.4 is 16.0 Å². The molecule has 2 aliphatic rings. The van der Waals surface area contributed by atoms with Crippen molar-refractivity contribution in [1.82, 2.24) is 24.9 Å². The van der Waals surface area contributed by atoms with Crippen molar-refractivity contribution in [1.29, 1.82) is 0 Å². The molecule has 1 aromatic carbocycles. The number of halogens is 1. The quantitative estimate of drug-likeness (QED) is 0.468. The maximum Gasteiger partial charge on any atom is 0.155 e. The van der Waals surface area contributed by atoms with Gasteiger partial charge in [0.1, 0.15) is 17.3 Å². The number of nitrogens with zero attached hydrogens (tertiary/aromatic N) is 5. The molecule has 8 heteroatoms. The van der Waals surface area contributed by atoms with E-state index in [4.69, 9.17) is 15.8 Å². The van der Waals surface area contributed by atoms with E-state index in [-0.39, 0.29) is 5.82 Å². The Labute approximate surface area is 204 Å². The van der Waals surface area contributed by atoms with Crippen LogP contribution in [0, 0.1) is 11.2 Å². The first-order valence-electron chi connectivity index (χ1n) is 12.4. The Bertz CT molecular complexity index is 1330. The van der Waals surface area contributed by atoms with Gasteiger partial charge in [-0.05, 0) is 86.2 Å². The van der Waals surface area contributed by atoms with Crippen molar-refractivity contribution < 1.29 is 4.39 Å². The molecule has 0 aliphatic carbocycles. The van der Waals surface area contributed by atoms with Gasteiger partial charge in [-0.15, -0.1) is 5.10 Å². The van der Waals surface area contributed by atoms with Crippen LogP contribution in [0.2, 0.25) is 0 Å². The van der Waals surface area contributed by atoms with Crippen molar-refractivity contribution in [2.24, 2.45) is 11.1 Å². The van der Waals surface area contributed by atoms with Gasteiger partial charge in [0.2, 0.25) is 0 Å². The molecule has 180 valence electrons. The van der Waals surface area contributed by atoms with Crippen LogP contribution in [0.4, 0.5) is 10.2 Å². The van der Waals surface area contributed by atoms with Gasteiger partial charge in [0.05, 0.1) is 11.4 Å². The van der Waals surface area contributed by atoms with Crippen molar-refractivity contribution >= 4 is 11.5 Å². The van der Waals surface area contributed by atoms with E-state index in [9.17, 15) is 4.39 Å². The summed E-state index contributed by atoms with van der Waals surface area (Å²) >= 11 is 0. The maximum atomic E-state index is 13.7. The Morgan fingerprint density at radius 1 is 1.00 bits per heavy atom. The topological polar surface area (TPSA) is 84.4 Å². The Morgan fingerprint density at radius 3 is 2.57 bits per heavy atom. The molecule has 35 heavy (non-hydrogen) atoms. The average Bonchev–Trinajstić information content (AvgIpc) is 3.29. The van der Waals surface area contributed by atoms with E-state index < -0.39 is 0 Å². The molecule has 0 amide bonds. The number of nitrogens with two attached hydrogens (primary N) is 1. The molecule has 0 atom stereocenters. The van der Waals surface area contributed by atoms with Gasteiger partial charge >= 0.3 is 0 Å². The largest absolute Gasteiger partial charge is 0.355 e. The van der Waals surface area contributed by atoms with Gasteiger partial charge in [0, 0.05) is 43.5 Å². The average molecular weight is 472 g/mol.